The Balaban J connectivity index is 3.09. The van der Waals surface area contributed by atoms with Gasteiger partial charge in [-0.1, -0.05) is 0 Å². The van der Waals surface area contributed by atoms with Crippen LogP contribution >= 0.6 is 11.6 Å². The van der Waals surface area contributed by atoms with Crippen LogP contribution in [0.5, 0.6) is 0 Å². The van der Waals surface area contributed by atoms with Gasteiger partial charge in [-0.3, -0.25) is 4.79 Å². The van der Waals surface area contributed by atoms with Gasteiger partial charge in [0, 0.05) is 11.8 Å². The van der Waals surface area contributed by atoms with Gasteiger partial charge >= 0.3 is 12.1 Å². The Morgan fingerprint density at radius 2 is 1.83 bits per heavy atom. The van der Waals surface area contributed by atoms with Crippen molar-refractivity contribution >= 4 is 29.2 Å². The Hall–Kier alpha value is -1.94. The van der Waals surface area contributed by atoms with Gasteiger partial charge in [0.25, 0.3) is 5.60 Å². The van der Waals surface area contributed by atoms with Crippen LogP contribution < -0.4 is 5.32 Å². The summed E-state index contributed by atoms with van der Waals surface area (Å²) >= 11 is 5.27. The standard InChI is InChI=1S/C12H9ClF5NO4/c1-23-10(21)11(22,12(16,17)18)8(13)9(20)19-5-2-3-6(14)7(15)4-5/h2-4,8,22H,1H3,(H,19,20)/t8-,11-/m0/s1. The van der Waals surface area contributed by atoms with E-state index >= 15 is 0 Å². The molecule has 2 atom stereocenters. The van der Waals surface area contributed by atoms with Gasteiger partial charge in [0.1, 0.15) is 0 Å². The van der Waals surface area contributed by atoms with E-state index in [1.165, 1.54) is 0 Å². The van der Waals surface area contributed by atoms with Crippen LogP contribution in [0.3, 0.4) is 0 Å². The summed E-state index contributed by atoms with van der Waals surface area (Å²) in [6.45, 7) is 0. The minimum absolute atomic E-state index is 0.436. The predicted octanol–water partition coefficient (Wildman–Crippen LogP) is 1.98. The molecule has 0 unspecified atom stereocenters. The van der Waals surface area contributed by atoms with E-state index in [2.05, 4.69) is 4.74 Å². The van der Waals surface area contributed by atoms with Gasteiger partial charge in [0.05, 0.1) is 7.11 Å². The molecule has 0 aliphatic heterocycles. The molecule has 1 amide bonds. The molecular formula is C12H9ClF5NO4. The molecule has 0 fully saturated rings. The molecule has 2 N–H and O–H groups in total. The molecule has 23 heavy (non-hydrogen) atoms. The van der Waals surface area contributed by atoms with Gasteiger partial charge in [0.15, 0.2) is 17.0 Å². The first-order valence-electron chi connectivity index (χ1n) is 5.72. The molecule has 1 aromatic rings. The molecule has 128 valence electrons. The van der Waals surface area contributed by atoms with Crippen LogP contribution in [0.2, 0.25) is 0 Å². The van der Waals surface area contributed by atoms with E-state index in [1.807, 2.05) is 0 Å². The molecule has 0 heterocycles. The maximum atomic E-state index is 13.0. The molecular weight excluding hydrogens is 353 g/mol. The number of methoxy groups -OCH3 is 1. The van der Waals surface area contributed by atoms with Crippen molar-refractivity contribution in [3.63, 3.8) is 0 Å². The normalized spacial score (nSPS) is 15.5. The van der Waals surface area contributed by atoms with Crippen LogP contribution in [0.1, 0.15) is 0 Å². The lowest BCUT2D eigenvalue weighted by molar-refractivity contribution is -0.260. The maximum Gasteiger partial charge on any atom is 0.430 e. The quantitative estimate of drug-likeness (QED) is 0.488. The summed E-state index contributed by atoms with van der Waals surface area (Å²) in [5.41, 5.74) is -4.76. The number of ether oxygens (including phenoxy) is 1. The number of rotatable bonds is 4. The van der Waals surface area contributed by atoms with E-state index in [1.54, 1.807) is 5.32 Å². The van der Waals surface area contributed by atoms with E-state index < -0.39 is 46.4 Å². The van der Waals surface area contributed by atoms with E-state index in [4.69, 9.17) is 11.6 Å². The van der Waals surface area contributed by atoms with Crippen molar-refractivity contribution in [2.75, 3.05) is 12.4 Å². The second-order valence-corrected chi connectivity index (χ2v) is 4.67. The van der Waals surface area contributed by atoms with Crippen molar-refractivity contribution in [1.29, 1.82) is 0 Å². The summed E-state index contributed by atoms with van der Waals surface area (Å²) in [7, 11) is 0.551. The summed E-state index contributed by atoms with van der Waals surface area (Å²) in [4.78, 5) is 22.9. The molecule has 1 aromatic carbocycles. The summed E-state index contributed by atoms with van der Waals surface area (Å²) in [6, 6.07) is 1.91. The monoisotopic (exact) mass is 361 g/mol. The highest BCUT2D eigenvalue weighted by molar-refractivity contribution is 6.35. The van der Waals surface area contributed by atoms with Crippen molar-refractivity contribution in [3.05, 3.63) is 29.8 Å². The molecule has 0 radical (unpaired) electrons. The fourth-order valence-electron chi connectivity index (χ4n) is 1.49. The molecule has 0 aliphatic carbocycles. The number of amides is 1. The average Bonchev–Trinajstić information content (AvgIpc) is 2.47. The van der Waals surface area contributed by atoms with Crippen LogP contribution in [0.4, 0.5) is 27.6 Å². The highest BCUT2D eigenvalue weighted by Gasteiger charge is 2.67. The lowest BCUT2D eigenvalue weighted by atomic mass is 9.98. The van der Waals surface area contributed by atoms with E-state index in [0.29, 0.717) is 19.2 Å². The number of halogens is 6. The van der Waals surface area contributed by atoms with Gasteiger partial charge < -0.3 is 15.2 Å². The lowest BCUT2D eigenvalue weighted by Crippen LogP contribution is -2.62. The molecule has 0 spiro atoms. The SMILES string of the molecule is COC(=O)[C@@](O)([C@@H](Cl)C(=O)Nc1ccc(F)c(F)c1)C(F)(F)F. The van der Waals surface area contributed by atoms with Gasteiger partial charge in [-0.25, -0.2) is 13.6 Å². The summed E-state index contributed by atoms with van der Waals surface area (Å²) in [6.07, 6.45) is -5.63. The Bertz CT molecular complexity index is 624. The third-order valence-electron chi connectivity index (χ3n) is 2.71. The Labute approximate surface area is 131 Å². The van der Waals surface area contributed by atoms with Gasteiger partial charge in [-0.05, 0) is 12.1 Å². The number of esters is 1. The van der Waals surface area contributed by atoms with E-state index in [0.717, 1.165) is 6.07 Å². The Kier molecular flexibility index (Phi) is 5.54. The van der Waals surface area contributed by atoms with Crippen LogP contribution in [0.15, 0.2) is 18.2 Å². The number of alkyl halides is 4. The molecule has 0 saturated carbocycles. The summed E-state index contributed by atoms with van der Waals surface area (Å²) in [5.74, 6) is -6.52. The van der Waals surface area contributed by atoms with Gasteiger partial charge in [-0.15, -0.1) is 11.6 Å². The smallest absolute Gasteiger partial charge is 0.430 e. The van der Waals surface area contributed by atoms with Gasteiger partial charge in [0.2, 0.25) is 5.91 Å². The molecule has 0 aliphatic rings. The molecule has 0 bridgehead atoms. The summed E-state index contributed by atoms with van der Waals surface area (Å²) in [5, 5.41) is 8.38. The first kappa shape index (κ1) is 19.1. The second-order valence-electron chi connectivity index (χ2n) is 4.24. The van der Waals surface area contributed by atoms with Crippen molar-refractivity contribution < 1.29 is 41.4 Å². The van der Waals surface area contributed by atoms with Crippen molar-refractivity contribution in [2.45, 2.75) is 17.2 Å². The topological polar surface area (TPSA) is 75.6 Å². The number of aliphatic hydroxyl groups is 1. The minimum atomic E-state index is -5.63. The van der Waals surface area contributed by atoms with Crippen molar-refractivity contribution in [1.82, 2.24) is 0 Å². The number of benzene rings is 1. The number of anilines is 1. The number of nitrogens with one attached hydrogen (secondary N) is 1. The van der Waals surface area contributed by atoms with Crippen molar-refractivity contribution in [2.24, 2.45) is 0 Å². The Morgan fingerprint density at radius 3 is 2.26 bits per heavy atom. The maximum absolute atomic E-state index is 13.0. The Morgan fingerprint density at radius 1 is 1.26 bits per heavy atom. The zero-order chi connectivity index (χ0) is 18.0. The fourth-order valence-corrected chi connectivity index (χ4v) is 1.76. The molecule has 0 aromatic heterocycles. The van der Waals surface area contributed by atoms with Crippen LogP contribution in [0.25, 0.3) is 0 Å². The van der Waals surface area contributed by atoms with Crippen LogP contribution in [-0.4, -0.2) is 41.2 Å². The third-order valence-corrected chi connectivity index (χ3v) is 3.23. The second kappa shape index (κ2) is 6.67. The van der Waals surface area contributed by atoms with Crippen LogP contribution in [-0.2, 0) is 14.3 Å². The number of carbonyl (C=O) groups is 2. The largest absolute Gasteiger partial charge is 0.467 e. The zero-order valence-electron chi connectivity index (χ0n) is 11.2. The fraction of sp³-hybridized carbons (Fsp3) is 0.333. The third kappa shape index (κ3) is 3.70. The number of carbonyl (C=O) groups excluding carboxylic acids is 2. The molecule has 1 rings (SSSR count). The van der Waals surface area contributed by atoms with Gasteiger partial charge in [-0.2, -0.15) is 13.2 Å². The average molecular weight is 362 g/mol. The molecule has 11 heteroatoms. The predicted molar refractivity (Wildman–Crippen MR) is 67.6 cm³/mol. The first-order valence-corrected chi connectivity index (χ1v) is 6.16. The van der Waals surface area contributed by atoms with E-state index in [9.17, 15) is 36.6 Å². The van der Waals surface area contributed by atoms with Crippen molar-refractivity contribution in [3.8, 4) is 0 Å². The zero-order valence-corrected chi connectivity index (χ0v) is 12.0. The highest BCUT2D eigenvalue weighted by Crippen LogP contribution is 2.37. The highest BCUT2D eigenvalue weighted by atomic mass is 35.5. The van der Waals surface area contributed by atoms with E-state index in [-0.39, 0.29) is 0 Å². The molecule has 5 nitrogen and oxygen atoms in total. The lowest BCUT2D eigenvalue weighted by Gasteiger charge is -2.30. The summed E-state index contributed by atoms with van der Waals surface area (Å²) < 4.78 is 68.2. The van der Waals surface area contributed by atoms with Crippen LogP contribution in [0, 0.1) is 11.6 Å². The number of hydrogen-bond donors (Lipinski definition) is 2. The molecule has 0 saturated heterocycles. The minimum Gasteiger partial charge on any atom is -0.467 e. The first-order chi connectivity index (χ1) is 10.4. The number of hydrogen-bond acceptors (Lipinski definition) is 4.